The number of non-ortho nitro benzene ring substituents is 1. The largest absolute Gasteiger partial charge is 0.333 e. The quantitative estimate of drug-likeness (QED) is 0.677. The molecule has 24 heavy (non-hydrogen) atoms. The zero-order chi connectivity index (χ0) is 17.3. The number of nitro groups is 1. The first-order chi connectivity index (χ1) is 11.4. The standard InChI is InChI=1S/C15H14N4O4S/c1-9(20)16-15-17-12-5-6-18(8-13(12)24-15)14(21)10-3-2-4-11(7-10)19(22)23/h2-4,7H,5-6,8H2,1H3,(H,16,17,20). The second-order valence-corrected chi connectivity index (χ2v) is 6.44. The molecular formula is C15H14N4O4S. The number of thiazole rings is 1. The summed E-state index contributed by atoms with van der Waals surface area (Å²) in [6, 6.07) is 5.71. The molecule has 0 saturated carbocycles. The van der Waals surface area contributed by atoms with Gasteiger partial charge in [0, 0.05) is 42.5 Å². The SMILES string of the molecule is CC(=O)Nc1nc2c(s1)CN(C(=O)c1cccc([N+](=O)[O-])c1)CC2. The van der Waals surface area contributed by atoms with Crippen molar-refractivity contribution >= 4 is 34.0 Å². The van der Waals surface area contributed by atoms with E-state index in [9.17, 15) is 19.7 Å². The number of amides is 2. The van der Waals surface area contributed by atoms with Crippen LogP contribution in [0, 0.1) is 10.1 Å². The van der Waals surface area contributed by atoms with E-state index in [-0.39, 0.29) is 17.5 Å². The molecule has 1 N–H and O–H groups in total. The van der Waals surface area contributed by atoms with Gasteiger partial charge in [0.1, 0.15) is 0 Å². The number of anilines is 1. The van der Waals surface area contributed by atoms with Crippen LogP contribution in [0.25, 0.3) is 0 Å². The molecule has 0 fully saturated rings. The Morgan fingerprint density at radius 3 is 2.92 bits per heavy atom. The highest BCUT2D eigenvalue weighted by Gasteiger charge is 2.25. The topological polar surface area (TPSA) is 105 Å². The minimum Gasteiger partial charge on any atom is -0.333 e. The fraction of sp³-hybridized carbons (Fsp3) is 0.267. The van der Waals surface area contributed by atoms with Crippen molar-refractivity contribution in [3.05, 3.63) is 50.5 Å². The van der Waals surface area contributed by atoms with Crippen LogP contribution >= 0.6 is 11.3 Å². The third-order valence-electron chi connectivity index (χ3n) is 3.61. The highest BCUT2D eigenvalue weighted by Crippen LogP contribution is 2.29. The van der Waals surface area contributed by atoms with Crippen LogP contribution in [0.1, 0.15) is 27.9 Å². The summed E-state index contributed by atoms with van der Waals surface area (Å²) in [5, 5.41) is 14.0. The molecule has 1 aliphatic heterocycles. The van der Waals surface area contributed by atoms with Crippen LogP contribution in [0.3, 0.4) is 0 Å². The first kappa shape index (κ1) is 16.1. The maximum absolute atomic E-state index is 12.6. The van der Waals surface area contributed by atoms with Crippen molar-refractivity contribution in [2.24, 2.45) is 0 Å². The fourth-order valence-corrected chi connectivity index (χ4v) is 3.58. The minimum absolute atomic E-state index is 0.107. The molecule has 0 radical (unpaired) electrons. The second kappa shape index (κ2) is 6.36. The van der Waals surface area contributed by atoms with Crippen molar-refractivity contribution < 1.29 is 14.5 Å². The Kier molecular flexibility index (Phi) is 4.26. The summed E-state index contributed by atoms with van der Waals surface area (Å²) in [5.41, 5.74) is 1.07. The highest BCUT2D eigenvalue weighted by atomic mass is 32.1. The maximum Gasteiger partial charge on any atom is 0.270 e. The average molecular weight is 346 g/mol. The lowest BCUT2D eigenvalue weighted by Crippen LogP contribution is -2.35. The van der Waals surface area contributed by atoms with Crippen LogP contribution in [-0.4, -0.2) is 33.2 Å². The van der Waals surface area contributed by atoms with Crippen LogP contribution in [0.5, 0.6) is 0 Å². The van der Waals surface area contributed by atoms with Gasteiger partial charge in [-0.1, -0.05) is 17.4 Å². The van der Waals surface area contributed by atoms with Crippen LogP contribution < -0.4 is 5.32 Å². The maximum atomic E-state index is 12.6. The predicted molar refractivity (Wildman–Crippen MR) is 88.0 cm³/mol. The lowest BCUT2D eigenvalue weighted by Gasteiger charge is -2.26. The fourth-order valence-electron chi connectivity index (χ4n) is 2.51. The lowest BCUT2D eigenvalue weighted by molar-refractivity contribution is -0.384. The minimum atomic E-state index is -0.520. The smallest absolute Gasteiger partial charge is 0.270 e. The van der Waals surface area contributed by atoms with Crippen molar-refractivity contribution in [3.8, 4) is 0 Å². The van der Waals surface area contributed by atoms with E-state index in [4.69, 9.17) is 0 Å². The van der Waals surface area contributed by atoms with Crippen molar-refractivity contribution in [2.45, 2.75) is 19.9 Å². The third kappa shape index (κ3) is 3.25. The molecule has 0 unspecified atom stereocenters. The van der Waals surface area contributed by atoms with E-state index in [0.29, 0.717) is 30.2 Å². The molecular weight excluding hydrogens is 332 g/mol. The predicted octanol–water partition coefficient (Wildman–Crippen LogP) is 2.21. The summed E-state index contributed by atoms with van der Waals surface area (Å²) in [6.45, 7) is 2.28. The number of hydrogen-bond donors (Lipinski definition) is 1. The van der Waals surface area contributed by atoms with Gasteiger partial charge in [-0.25, -0.2) is 4.98 Å². The zero-order valence-corrected chi connectivity index (χ0v) is 13.6. The molecule has 2 aromatic rings. The molecule has 1 aromatic heterocycles. The summed E-state index contributed by atoms with van der Waals surface area (Å²) >= 11 is 1.34. The van der Waals surface area contributed by atoms with Gasteiger partial charge in [0.25, 0.3) is 11.6 Å². The number of hydrogen-bond acceptors (Lipinski definition) is 6. The number of nitro benzene ring substituents is 1. The van der Waals surface area contributed by atoms with Gasteiger partial charge in [-0.2, -0.15) is 0 Å². The molecule has 0 bridgehead atoms. The zero-order valence-electron chi connectivity index (χ0n) is 12.8. The van der Waals surface area contributed by atoms with E-state index in [0.717, 1.165) is 10.6 Å². The number of nitrogens with one attached hydrogen (secondary N) is 1. The first-order valence-corrected chi connectivity index (χ1v) is 8.05. The highest BCUT2D eigenvalue weighted by molar-refractivity contribution is 7.15. The van der Waals surface area contributed by atoms with Crippen LogP contribution in [0.15, 0.2) is 24.3 Å². The Bertz CT molecular complexity index is 833. The lowest BCUT2D eigenvalue weighted by atomic mass is 10.1. The van der Waals surface area contributed by atoms with Crippen molar-refractivity contribution in [1.29, 1.82) is 0 Å². The van der Waals surface area contributed by atoms with E-state index in [1.54, 1.807) is 11.0 Å². The average Bonchev–Trinajstić information content (AvgIpc) is 2.94. The molecule has 0 atom stereocenters. The Labute approximate surface area is 141 Å². The Balaban J connectivity index is 1.78. The van der Waals surface area contributed by atoms with E-state index in [1.165, 1.54) is 36.5 Å². The molecule has 0 spiro atoms. The van der Waals surface area contributed by atoms with Crippen LogP contribution in [0.2, 0.25) is 0 Å². The summed E-state index contributed by atoms with van der Waals surface area (Å²) in [6.07, 6.45) is 0.589. The van der Waals surface area contributed by atoms with E-state index in [2.05, 4.69) is 10.3 Å². The Morgan fingerprint density at radius 1 is 1.42 bits per heavy atom. The Hall–Kier alpha value is -2.81. The summed E-state index contributed by atoms with van der Waals surface area (Å²) in [4.78, 5) is 40.9. The number of nitrogens with zero attached hydrogens (tertiary/aromatic N) is 3. The van der Waals surface area contributed by atoms with E-state index >= 15 is 0 Å². The van der Waals surface area contributed by atoms with Crippen molar-refractivity contribution in [3.63, 3.8) is 0 Å². The van der Waals surface area contributed by atoms with Gasteiger partial charge in [-0.15, -0.1) is 0 Å². The van der Waals surface area contributed by atoms with Crippen molar-refractivity contribution in [1.82, 2.24) is 9.88 Å². The van der Waals surface area contributed by atoms with Gasteiger partial charge in [-0.05, 0) is 6.07 Å². The third-order valence-corrected chi connectivity index (χ3v) is 4.60. The number of fused-ring (bicyclic) bond motifs is 1. The molecule has 9 heteroatoms. The number of aromatic nitrogens is 1. The summed E-state index contributed by atoms with van der Waals surface area (Å²) in [7, 11) is 0. The van der Waals surface area contributed by atoms with E-state index in [1.807, 2.05) is 0 Å². The van der Waals surface area contributed by atoms with Gasteiger partial charge >= 0.3 is 0 Å². The number of carbonyl (C=O) groups excluding carboxylic acids is 2. The molecule has 2 heterocycles. The summed E-state index contributed by atoms with van der Waals surface area (Å²) < 4.78 is 0. The molecule has 124 valence electrons. The summed E-state index contributed by atoms with van der Waals surface area (Å²) in [5.74, 6) is -0.440. The van der Waals surface area contributed by atoms with Gasteiger partial charge in [0.05, 0.1) is 17.2 Å². The molecule has 1 aromatic carbocycles. The first-order valence-electron chi connectivity index (χ1n) is 7.24. The van der Waals surface area contributed by atoms with Crippen molar-refractivity contribution in [2.75, 3.05) is 11.9 Å². The monoisotopic (exact) mass is 346 g/mol. The second-order valence-electron chi connectivity index (χ2n) is 5.35. The molecule has 1 aliphatic rings. The molecule has 3 rings (SSSR count). The van der Waals surface area contributed by atoms with Gasteiger partial charge in [0.15, 0.2) is 5.13 Å². The normalized spacial score (nSPS) is 13.3. The van der Waals surface area contributed by atoms with Gasteiger partial charge < -0.3 is 10.2 Å². The number of rotatable bonds is 3. The van der Waals surface area contributed by atoms with Crippen LogP contribution in [0.4, 0.5) is 10.8 Å². The van der Waals surface area contributed by atoms with Gasteiger partial charge in [0.2, 0.25) is 5.91 Å². The number of benzene rings is 1. The molecule has 8 nitrogen and oxygen atoms in total. The van der Waals surface area contributed by atoms with E-state index < -0.39 is 4.92 Å². The molecule has 0 saturated heterocycles. The van der Waals surface area contributed by atoms with Crippen LogP contribution in [-0.2, 0) is 17.8 Å². The molecule has 0 aliphatic carbocycles. The van der Waals surface area contributed by atoms with Gasteiger partial charge in [-0.3, -0.25) is 19.7 Å². The Morgan fingerprint density at radius 2 is 2.21 bits per heavy atom. The number of carbonyl (C=O) groups is 2. The molecule has 2 amide bonds.